The number of amides is 2. The zero-order chi connectivity index (χ0) is 16.8. The van der Waals surface area contributed by atoms with E-state index in [-0.39, 0.29) is 18.4 Å². The molecule has 0 aromatic carbocycles. The highest BCUT2D eigenvalue weighted by atomic mass is 16.2. The van der Waals surface area contributed by atoms with Gasteiger partial charge in [0.05, 0.1) is 12.1 Å². The van der Waals surface area contributed by atoms with Crippen LogP contribution in [0.2, 0.25) is 0 Å². The molecule has 7 nitrogen and oxygen atoms in total. The van der Waals surface area contributed by atoms with Gasteiger partial charge in [-0.1, -0.05) is 0 Å². The Bertz CT molecular complexity index is 608. The van der Waals surface area contributed by atoms with Crippen molar-refractivity contribution < 1.29 is 9.59 Å². The summed E-state index contributed by atoms with van der Waals surface area (Å²) in [5, 5.41) is 8.78. The molecule has 0 saturated carbocycles. The molecule has 1 aromatic heterocycles. The van der Waals surface area contributed by atoms with Gasteiger partial charge in [0.15, 0.2) is 0 Å². The van der Waals surface area contributed by atoms with E-state index in [2.05, 4.69) is 4.98 Å². The van der Waals surface area contributed by atoms with Crippen LogP contribution >= 0.6 is 0 Å². The first-order chi connectivity index (χ1) is 11.0. The molecule has 2 amide bonds. The zero-order valence-corrected chi connectivity index (χ0v) is 13.5. The monoisotopic (exact) mass is 315 g/mol. The predicted octanol–water partition coefficient (Wildman–Crippen LogP) is 0.470. The van der Waals surface area contributed by atoms with Crippen molar-refractivity contribution in [2.24, 2.45) is 0 Å². The molecule has 0 radical (unpaired) electrons. The molecule has 2 rings (SSSR count). The molecular formula is C16H21N5O2. The molecule has 0 spiro atoms. The van der Waals surface area contributed by atoms with Gasteiger partial charge in [-0.25, -0.2) is 4.98 Å². The number of hydrogen-bond acceptors (Lipinski definition) is 5. The smallest absolute Gasteiger partial charge is 0.242 e. The number of rotatable bonds is 3. The largest absolute Gasteiger partial charge is 0.350 e. The summed E-state index contributed by atoms with van der Waals surface area (Å²) in [4.78, 5) is 33.4. The normalized spacial score (nSPS) is 14.8. The Morgan fingerprint density at radius 1 is 1.26 bits per heavy atom. The van der Waals surface area contributed by atoms with Crippen molar-refractivity contribution in [2.45, 2.75) is 13.3 Å². The summed E-state index contributed by atoms with van der Waals surface area (Å²) in [6.45, 7) is 4.29. The van der Waals surface area contributed by atoms with Crippen molar-refractivity contribution >= 4 is 17.6 Å². The SMILES string of the molecule is CC(=O)N1CCCN(C(=O)CN(C)c2ccc(C#N)cn2)CC1. The van der Waals surface area contributed by atoms with E-state index in [1.807, 2.05) is 6.07 Å². The van der Waals surface area contributed by atoms with E-state index in [0.29, 0.717) is 37.6 Å². The first-order valence-electron chi connectivity index (χ1n) is 7.62. The fourth-order valence-electron chi connectivity index (χ4n) is 2.54. The second-order valence-electron chi connectivity index (χ2n) is 5.61. The second kappa shape index (κ2) is 7.58. The molecule has 1 fully saturated rings. The molecule has 0 bridgehead atoms. The number of carbonyl (C=O) groups excluding carboxylic acids is 2. The van der Waals surface area contributed by atoms with Gasteiger partial charge >= 0.3 is 0 Å². The van der Waals surface area contributed by atoms with Gasteiger partial charge in [-0.05, 0) is 18.6 Å². The predicted molar refractivity (Wildman–Crippen MR) is 85.7 cm³/mol. The van der Waals surface area contributed by atoms with Gasteiger partial charge in [-0.2, -0.15) is 5.26 Å². The van der Waals surface area contributed by atoms with Crippen LogP contribution in [0.25, 0.3) is 0 Å². The van der Waals surface area contributed by atoms with Gasteiger partial charge in [0, 0.05) is 46.3 Å². The van der Waals surface area contributed by atoms with Gasteiger partial charge in [0.2, 0.25) is 11.8 Å². The third-order valence-corrected chi connectivity index (χ3v) is 3.93. The van der Waals surface area contributed by atoms with Crippen molar-refractivity contribution in [1.29, 1.82) is 5.26 Å². The summed E-state index contributed by atoms with van der Waals surface area (Å²) in [7, 11) is 1.80. The maximum Gasteiger partial charge on any atom is 0.242 e. The van der Waals surface area contributed by atoms with Crippen LogP contribution in [0.1, 0.15) is 18.9 Å². The summed E-state index contributed by atoms with van der Waals surface area (Å²) in [6.07, 6.45) is 2.29. The average molecular weight is 315 g/mol. The number of nitriles is 1. The molecule has 1 aliphatic heterocycles. The van der Waals surface area contributed by atoms with E-state index >= 15 is 0 Å². The number of pyridine rings is 1. The van der Waals surface area contributed by atoms with E-state index in [1.165, 1.54) is 6.20 Å². The van der Waals surface area contributed by atoms with Crippen LogP contribution in [0.4, 0.5) is 5.82 Å². The van der Waals surface area contributed by atoms with Gasteiger partial charge in [0.1, 0.15) is 11.9 Å². The van der Waals surface area contributed by atoms with E-state index in [1.54, 1.807) is 40.8 Å². The lowest BCUT2D eigenvalue weighted by molar-refractivity contribution is -0.131. The van der Waals surface area contributed by atoms with Crippen molar-refractivity contribution in [3.8, 4) is 6.07 Å². The lowest BCUT2D eigenvalue weighted by atomic mass is 10.3. The molecule has 0 atom stereocenters. The number of carbonyl (C=O) groups is 2. The quantitative estimate of drug-likeness (QED) is 0.810. The molecule has 122 valence electrons. The van der Waals surface area contributed by atoms with Gasteiger partial charge in [0.25, 0.3) is 0 Å². The molecule has 0 N–H and O–H groups in total. The van der Waals surface area contributed by atoms with Crippen molar-refractivity contribution in [3.63, 3.8) is 0 Å². The van der Waals surface area contributed by atoms with Gasteiger partial charge in [-0.3, -0.25) is 9.59 Å². The van der Waals surface area contributed by atoms with Crippen molar-refractivity contribution in [2.75, 3.05) is 44.7 Å². The van der Waals surface area contributed by atoms with Crippen molar-refractivity contribution in [1.82, 2.24) is 14.8 Å². The molecule has 2 heterocycles. The van der Waals surface area contributed by atoms with Crippen LogP contribution in [0.5, 0.6) is 0 Å². The zero-order valence-electron chi connectivity index (χ0n) is 13.5. The molecule has 0 unspecified atom stereocenters. The van der Waals surface area contributed by atoms with Crippen LogP contribution in [0.15, 0.2) is 18.3 Å². The molecule has 1 aromatic rings. The number of hydrogen-bond donors (Lipinski definition) is 0. The minimum atomic E-state index is 0.0176. The number of likely N-dealkylation sites (N-methyl/N-ethyl adjacent to an activating group) is 1. The summed E-state index contributed by atoms with van der Waals surface area (Å²) in [5.74, 6) is 0.722. The fraction of sp³-hybridized carbons (Fsp3) is 0.500. The maximum atomic E-state index is 12.4. The van der Waals surface area contributed by atoms with Crippen LogP contribution in [0.3, 0.4) is 0 Å². The molecular weight excluding hydrogens is 294 g/mol. The van der Waals surface area contributed by atoms with Gasteiger partial charge in [-0.15, -0.1) is 0 Å². The summed E-state index contributed by atoms with van der Waals surface area (Å²) in [5.41, 5.74) is 0.491. The third kappa shape index (κ3) is 4.42. The highest BCUT2D eigenvalue weighted by molar-refractivity contribution is 5.81. The van der Waals surface area contributed by atoms with Crippen LogP contribution in [-0.4, -0.2) is 66.4 Å². The molecule has 23 heavy (non-hydrogen) atoms. The second-order valence-corrected chi connectivity index (χ2v) is 5.61. The Morgan fingerprint density at radius 3 is 2.57 bits per heavy atom. The lowest BCUT2D eigenvalue weighted by Crippen LogP contribution is -2.41. The first kappa shape index (κ1) is 16.7. The average Bonchev–Trinajstić information content (AvgIpc) is 2.81. The number of anilines is 1. The maximum absolute atomic E-state index is 12.4. The first-order valence-corrected chi connectivity index (χ1v) is 7.62. The molecule has 1 aliphatic rings. The van der Waals surface area contributed by atoms with Crippen LogP contribution < -0.4 is 4.90 Å². The minimum absolute atomic E-state index is 0.0176. The standard InChI is InChI=1S/C16H21N5O2/c1-13(22)20-6-3-7-21(9-8-20)16(23)12-19(2)15-5-4-14(10-17)11-18-15/h4-5,11H,3,6-9,12H2,1-2H3. The van der Waals surface area contributed by atoms with E-state index in [9.17, 15) is 9.59 Å². The molecule has 1 saturated heterocycles. The van der Waals surface area contributed by atoms with Crippen molar-refractivity contribution in [3.05, 3.63) is 23.9 Å². The summed E-state index contributed by atoms with van der Waals surface area (Å²) < 4.78 is 0. The Labute approximate surface area is 136 Å². The minimum Gasteiger partial charge on any atom is -0.350 e. The molecule has 0 aliphatic carbocycles. The Kier molecular flexibility index (Phi) is 5.52. The third-order valence-electron chi connectivity index (χ3n) is 3.93. The van der Waals surface area contributed by atoms with E-state index in [0.717, 1.165) is 6.42 Å². The Balaban J connectivity index is 1.92. The van der Waals surface area contributed by atoms with E-state index in [4.69, 9.17) is 5.26 Å². The van der Waals surface area contributed by atoms with Crippen LogP contribution in [0, 0.1) is 11.3 Å². The summed E-state index contributed by atoms with van der Waals surface area (Å²) in [6, 6.07) is 5.43. The Morgan fingerprint density at radius 2 is 1.96 bits per heavy atom. The highest BCUT2D eigenvalue weighted by Gasteiger charge is 2.21. The highest BCUT2D eigenvalue weighted by Crippen LogP contribution is 2.10. The number of nitrogens with zero attached hydrogens (tertiary/aromatic N) is 5. The van der Waals surface area contributed by atoms with Crippen LogP contribution in [-0.2, 0) is 9.59 Å². The number of aromatic nitrogens is 1. The van der Waals surface area contributed by atoms with E-state index < -0.39 is 0 Å². The fourth-order valence-corrected chi connectivity index (χ4v) is 2.54. The topological polar surface area (TPSA) is 80.5 Å². The summed E-state index contributed by atoms with van der Waals surface area (Å²) >= 11 is 0. The van der Waals surface area contributed by atoms with Gasteiger partial charge < -0.3 is 14.7 Å². The molecule has 7 heteroatoms. The Hall–Kier alpha value is -2.62. The lowest BCUT2D eigenvalue weighted by Gasteiger charge is -2.25.